The Bertz CT molecular complexity index is 798. The zero-order valence-electron chi connectivity index (χ0n) is 15.4. The highest BCUT2D eigenvalue weighted by Crippen LogP contribution is 2.31. The van der Waals surface area contributed by atoms with Crippen LogP contribution in [0.4, 0.5) is 0 Å². The number of hydrogen-bond donors (Lipinski definition) is 0. The van der Waals surface area contributed by atoms with Crippen molar-refractivity contribution >= 4 is 11.7 Å². The largest absolute Gasteiger partial charge is 0.338 e. The molecule has 2 aliphatic heterocycles. The van der Waals surface area contributed by atoms with Crippen molar-refractivity contribution in [2.45, 2.75) is 65.1 Å². The molecule has 0 bridgehead atoms. The number of imidazole rings is 1. The number of carbonyl (C=O) groups excluding carboxylic acids is 1. The van der Waals surface area contributed by atoms with E-state index in [2.05, 4.69) is 38.4 Å². The van der Waals surface area contributed by atoms with E-state index in [1.807, 2.05) is 6.92 Å². The van der Waals surface area contributed by atoms with Crippen LogP contribution in [0, 0.1) is 13.8 Å². The molecule has 0 spiro atoms. The van der Waals surface area contributed by atoms with Crippen molar-refractivity contribution in [3.63, 3.8) is 0 Å². The topological polar surface area (TPSA) is 53.7 Å². The second kappa shape index (κ2) is 6.41. The summed E-state index contributed by atoms with van der Waals surface area (Å²) in [5.41, 5.74) is 3.24. The molecule has 0 unspecified atom stereocenters. The highest BCUT2D eigenvalue weighted by atomic mass is 16.2. The highest BCUT2D eigenvalue weighted by molar-refractivity contribution is 5.74. The molecule has 4 rings (SSSR count). The summed E-state index contributed by atoms with van der Waals surface area (Å²) >= 11 is 0. The molecular weight excluding hydrogens is 314 g/mol. The number of carbonyl (C=O) groups is 1. The van der Waals surface area contributed by atoms with Crippen molar-refractivity contribution in [2.75, 3.05) is 13.1 Å². The Morgan fingerprint density at radius 3 is 2.72 bits per heavy atom. The molecular formula is C19H27N5O. The van der Waals surface area contributed by atoms with Gasteiger partial charge in [0.2, 0.25) is 11.7 Å². The van der Waals surface area contributed by atoms with E-state index in [9.17, 15) is 4.79 Å². The lowest BCUT2D eigenvalue weighted by Gasteiger charge is -2.34. The van der Waals surface area contributed by atoms with Crippen LogP contribution in [0.1, 0.15) is 49.7 Å². The summed E-state index contributed by atoms with van der Waals surface area (Å²) in [4.78, 5) is 25.8. The number of hydrogen-bond acceptors (Lipinski definition) is 4. The zero-order valence-corrected chi connectivity index (χ0v) is 15.4. The van der Waals surface area contributed by atoms with Crippen LogP contribution in [-0.4, -0.2) is 55.2 Å². The molecule has 2 saturated heterocycles. The van der Waals surface area contributed by atoms with Gasteiger partial charge in [-0.05, 0) is 52.1 Å². The average Bonchev–Trinajstić information content (AvgIpc) is 3.25. The van der Waals surface area contributed by atoms with Crippen LogP contribution >= 0.6 is 0 Å². The van der Waals surface area contributed by atoms with Gasteiger partial charge in [0, 0.05) is 49.7 Å². The minimum atomic E-state index is 0.220. The Labute approximate surface area is 148 Å². The first-order valence-electron chi connectivity index (χ1n) is 9.36. The molecule has 0 aromatic carbocycles. The van der Waals surface area contributed by atoms with Gasteiger partial charge in [0.05, 0.1) is 5.69 Å². The third-order valence-corrected chi connectivity index (χ3v) is 5.74. The van der Waals surface area contributed by atoms with Crippen LogP contribution in [0.2, 0.25) is 0 Å². The van der Waals surface area contributed by atoms with E-state index >= 15 is 0 Å². The molecule has 0 saturated carbocycles. The predicted molar refractivity (Wildman–Crippen MR) is 96.3 cm³/mol. The quantitative estimate of drug-likeness (QED) is 0.860. The van der Waals surface area contributed by atoms with Crippen LogP contribution < -0.4 is 0 Å². The van der Waals surface area contributed by atoms with Crippen molar-refractivity contribution in [3.05, 3.63) is 29.3 Å². The summed E-state index contributed by atoms with van der Waals surface area (Å²) < 4.78 is 2.07. The second-order valence-electron chi connectivity index (χ2n) is 7.54. The minimum absolute atomic E-state index is 0.220. The lowest BCUT2D eigenvalue weighted by Crippen LogP contribution is -2.47. The molecule has 2 fully saturated rings. The highest BCUT2D eigenvalue weighted by Gasteiger charge is 2.38. The molecule has 25 heavy (non-hydrogen) atoms. The minimum Gasteiger partial charge on any atom is -0.338 e. The van der Waals surface area contributed by atoms with Gasteiger partial charge in [-0.1, -0.05) is 0 Å². The van der Waals surface area contributed by atoms with E-state index < -0.39 is 0 Å². The van der Waals surface area contributed by atoms with Crippen LogP contribution in [0.15, 0.2) is 12.3 Å². The summed E-state index contributed by atoms with van der Waals surface area (Å²) in [6.45, 7) is 8.65. The molecule has 6 nitrogen and oxygen atoms in total. The molecule has 134 valence electrons. The maximum Gasteiger partial charge on any atom is 0.234 e. The Morgan fingerprint density at radius 1 is 1.16 bits per heavy atom. The van der Waals surface area contributed by atoms with Gasteiger partial charge >= 0.3 is 0 Å². The zero-order chi connectivity index (χ0) is 17.6. The number of fused-ring (bicyclic) bond motifs is 1. The molecule has 2 aromatic heterocycles. The Hall–Kier alpha value is -1.95. The third-order valence-electron chi connectivity index (χ3n) is 5.74. The van der Waals surface area contributed by atoms with E-state index in [0.717, 1.165) is 55.3 Å². The van der Waals surface area contributed by atoms with Gasteiger partial charge < -0.3 is 4.90 Å². The molecule has 2 aromatic rings. The summed E-state index contributed by atoms with van der Waals surface area (Å²) in [5, 5.41) is 0. The van der Waals surface area contributed by atoms with Gasteiger partial charge in [-0.15, -0.1) is 0 Å². The van der Waals surface area contributed by atoms with Crippen molar-refractivity contribution in [3.8, 4) is 0 Å². The number of aromatic nitrogens is 3. The molecule has 6 heteroatoms. The van der Waals surface area contributed by atoms with Crippen molar-refractivity contribution in [2.24, 2.45) is 0 Å². The van der Waals surface area contributed by atoms with Gasteiger partial charge in [0.1, 0.15) is 0 Å². The molecule has 0 N–H and O–H groups in total. The van der Waals surface area contributed by atoms with Gasteiger partial charge in [-0.25, -0.2) is 9.97 Å². The predicted octanol–water partition coefficient (Wildman–Crippen LogP) is 2.32. The normalized spacial score (nSPS) is 24.5. The van der Waals surface area contributed by atoms with E-state index in [-0.39, 0.29) is 5.91 Å². The number of aryl methyl sites for hydroxylation is 2. The molecule has 2 atom stereocenters. The van der Waals surface area contributed by atoms with E-state index in [0.29, 0.717) is 12.1 Å². The van der Waals surface area contributed by atoms with Crippen LogP contribution in [0.5, 0.6) is 0 Å². The fourth-order valence-corrected chi connectivity index (χ4v) is 4.67. The SMILES string of the molecule is CC(=O)N1CCC[C@H]1[C@@H]1CCCN1Cc1cn2c(C)cc(C)nc2n1. The van der Waals surface area contributed by atoms with E-state index in [1.54, 1.807) is 6.92 Å². The lowest BCUT2D eigenvalue weighted by atomic mass is 10.0. The summed E-state index contributed by atoms with van der Waals surface area (Å²) in [6, 6.07) is 2.92. The first kappa shape index (κ1) is 16.5. The molecule has 1 amide bonds. The lowest BCUT2D eigenvalue weighted by molar-refractivity contribution is -0.130. The maximum atomic E-state index is 11.9. The fraction of sp³-hybridized carbons (Fsp3) is 0.632. The fourth-order valence-electron chi connectivity index (χ4n) is 4.67. The van der Waals surface area contributed by atoms with Crippen LogP contribution in [0.25, 0.3) is 5.78 Å². The first-order valence-corrected chi connectivity index (χ1v) is 9.36. The van der Waals surface area contributed by atoms with E-state index in [1.165, 1.54) is 12.8 Å². The van der Waals surface area contributed by atoms with E-state index in [4.69, 9.17) is 4.98 Å². The summed E-state index contributed by atoms with van der Waals surface area (Å²) in [5.74, 6) is 1.01. The Morgan fingerprint density at radius 2 is 1.92 bits per heavy atom. The monoisotopic (exact) mass is 341 g/mol. The Kier molecular flexibility index (Phi) is 4.23. The van der Waals surface area contributed by atoms with Crippen molar-refractivity contribution in [1.29, 1.82) is 0 Å². The molecule has 4 heterocycles. The number of rotatable bonds is 3. The second-order valence-corrected chi connectivity index (χ2v) is 7.54. The number of amides is 1. The van der Waals surface area contributed by atoms with Gasteiger partial charge in [-0.2, -0.15) is 0 Å². The average molecular weight is 341 g/mol. The number of likely N-dealkylation sites (tertiary alicyclic amines) is 2. The summed E-state index contributed by atoms with van der Waals surface area (Å²) in [6.07, 6.45) is 6.76. The van der Waals surface area contributed by atoms with Gasteiger partial charge in [0.15, 0.2) is 0 Å². The van der Waals surface area contributed by atoms with Gasteiger partial charge in [0.25, 0.3) is 0 Å². The van der Waals surface area contributed by atoms with Gasteiger partial charge in [-0.3, -0.25) is 14.1 Å². The smallest absolute Gasteiger partial charge is 0.234 e. The third kappa shape index (κ3) is 3.03. The maximum absolute atomic E-state index is 11.9. The molecule has 2 aliphatic rings. The van der Waals surface area contributed by atoms with Crippen LogP contribution in [0.3, 0.4) is 0 Å². The summed E-state index contributed by atoms with van der Waals surface area (Å²) in [7, 11) is 0. The van der Waals surface area contributed by atoms with Crippen molar-refractivity contribution < 1.29 is 4.79 Å². The molecule has 0 aliphatic carbocycles. The standard InChI is InChI=1S/C19H27N5O/c1-13-10-14(2)24-12-16(21-19(24)20-13)11-22-8-4-6-17(22)18-7-5-9-23(18)15(3)25/h10,12,17-18H,4-9,11H2,1-3H3/t17-,18-/m0/s1. The van der Waals surface area contributed by atoms with Crippen LogP contribution in [-0.2, 0) is 11.3 Å². The first-order chi connectivity index (χ1) is 12.0. The van der Waals surface area contributed by atoms with Crippen molar-refractivity contribution in [1.82, 2.24) is 24.2 Å². The number of nitrogens with zero attached hydrogens (tertiary/aromatic N) is 5. The Balaban J connectivity index is 1.55. The molecule has 0 radical (unpaired) electrons.